The van der Waals surface area contributed by atoms with Crippen LogP contribution in [0.5, 0.6) is 0 Å². The highest BCUT2D eigenvalue weighted by atomic mass is 19.4. The molecule has 2 heterocycles. The molecule has 5 nitrogen and oxygen atoms in total. The molecule has 1 aromatic rings. The molecule has 0 aliphatic carbocycles. The number of anilines is 1. The molecule has 19 heavy (non-hydrogen) atoms. The van der Waals surface area contributed by atoms with E-state index in [2.05, 4.69) is 15.0 Å². The summed E-state index contributed by atoms with van der Waals surface area (Å²) in [6.07, 6.45) is -2.72. The number of carbonyl (C=O) groups is 1. The van der Waals surface area contributed by atoms with Crippen molar-refractivity contribution in [3.63, 3.8) is 0 Å². The van der Waals surface area contributed by atoms with Crippen LogP contribution in [0.3, 0.4) is 0 Å². The maximum atomic E-state index is 12.5. The van der Waals surface area contributed by atoms with Crippen molar-refractivity contribution in [2.24, 2.45) is 5.92 Å². The van der Waals surface area contributed by atoms with Crippen LogP contribution in [0.1, 0.15) is 12.8 Å². The number of alkyl halides is 3. The summed E-state index contributed by atoms with van der Waals surface area (Å²) in [6.45, 7) is 0.615. The maximum absolute atomic E-state index is 12.5. The van der Waals surface area contributed by atoms with Gasteiger partial charge in [-0.05, 0) is 25.9 Å². The van der Waals surface area contributed by atoms with Gasteiger partial charge in [-0.3, -0.25) is 9.69 Å². The van der Waals surface area contributed by atoms with E-state index in [0.29, 0.717) is 5.82 Å². The number of piperidine rings is 1. The summed E-state index contributed by atoms with van der Waals surface area (Å²) in [7, 11) is 0. The Bertz CT molecular complexity index is 411. The van der Waals surface area contributed by atoms with Gasteiger partial charge < -0.3 is 9.84 Å². The largest absolute Gasteiger partial charge is 0.391 e. The molecule has 1 amide bonds. The summed E-state index contributed by atoms with van der Waals surface area (Å²) < 4.78 is 42.0. The lowest BCUT2D eigenvalue weighted by atomic mass is 9.96. The van der Waals surface area contributed by atoms with Crippen LogP contribution in [0.2, 0.25) is 0 Å². The summed E-state index contributed by atoms with van der Waals surface area (Å²) in [5, 5.41) is 6.02. The van der Waals surface area contributed by atoms with Crippen molar-refractivity contribution < 1.29 is 22.5 Å². The van der Waals surface area contributed by atoms with Gasteiger partial charge in [-0.2, -0.15) is 13.2 Å². The number of likely N-dealkylation sites (tertiary alicyclic amines) is 1. The van der Waals surface area contributed by atoms with Crippen molar-refractivity contribution in [2.45, 2.75) is 19.0 Å². The van der Waals surface area contributed by atoms with Crippen molar-refractivity contribution in [1.82, 2.24) is 10.1 Å². The van der Waals surface area contributed by atoms with Gasteiger partial charge in [-0.25, -0.2) is 0 Å². The van der Waals surface area contributed by atoms with Crippen molar-refractivity contribution in [3.05, 3.63) is 12.3 Å². The molecule has 2 rings (SSSR count). The molecular weight excluding hydrogens is 263 g/mol. The van der Waals surface area contributed by atoms with E-state index in [1.807, 2.05) is 0 Å². The van der Waals surface area contributed by atoms with Gasteiger partial charge in [0.2, 0.25) is 5.91 Å². The second-order valence-corrected chi connectivity index (χ2v) is 4.52. The first kappa shape index (κ1) is 13.9. The molecular formula is C11H14F3N3O2. The summed E-state index contributed by atoms with van der Waals surface area (Å²) in [5.41, 5.74) is 0. The average molecular weight is 277 g/mol. The highest BCUT2D eigenvalue weighted by Gasteiger charge is 2.41. The van der Waals surface area contributed by atoms with Crippen molar-refractivity contribution in [1.29, 1.82) is 0 Å². The quantitative estimate of drug-likeness (QED) is 0.916. The zero-order valence-corrected chi connectivity index (χ0v) is 10.1. The Morgan fingerprint density at radius 2 is 2.16 bits per heavy atom. The van der Waals surface area contributed by atoms with Crippen LogP contribution < -0.4 is 5.32 Å². The highest BCUT2D eigenvalue weighted by Crippen LogP contribution is 2.33. The fourth-order valence-electron chi connectivity index (χ4n) is 2.08. The van der Waals surface area contributed by atoms with Gasteiger partial charge in [-0.1, -0.05) is 5.16 Å². The highest BCUT2D eigenvalue weighted by molar-refractivity contribution is 5.91. The number of nitrogens with one attached hydrogen (secondary N) is 1. The standard InChI is InChI=1S/C11H14F3N3O2/c12-11(13,14)8-1-4-17(5-2-8)7-10(18)15-9-3-6-19-16-9/h3,6,8H,1-2,4-5,7H2,(H,15,16,18). The fourth-order valence-corrected chi connectivity index (χ4v) is 2.08. The van der Waals surface area contributed by atoms with Crippen LogP contribution in [-0.2, 0) is 4.79 Å². The summed E-state index contributed by atoms with van der Waals surface area (Å²) >= 11 is 0. The predicted molar refractivity (Wildman–Crippen MR) is 60.4 cm³/mol. The lowest BCUT2D eigenvalue weighted by molar-refractivity contribution is -0.184. The van der Waals surface area contributed by atoms with Gasteiger partial charge in [0.15, 0.2) is 5.82 Å². The maximum Gasteiger partial charge on any atom is 0.391 e. The molecule has 8 heteroatoms. The van der Waals surface area contributed by atoms with E-state index in [9.17, 15) is 18.0 Å². The Labute approximate surface area is 107 Å². The van der Waals surface area contributed by atoms with Crippen LogP contribution in [0.15, 0.2) is 16.9 Å². The molecule has 1 saturated heterocycles. The van der Waals surface area contributed by atoms with Crippen LogP contribution >= 0.6 is 0 Å². The van der Waals surface area contributed by atoms with E-state index in [1.54, 1.807) is 4.90 Å². The number of halogens is 3. The van der Waals surface area contributed by atoms with Gasteiger partial charge in [0.25, 0.3) is 0 Å². The molecule has 1 N–H and O–H groups in total. The van der Waals surface area contributed by atoms with Gasteiger partial charge in [0.05, 0.1) is 12.5 Å². The Kier molecular flexibility index (Phi) is 4.08. The number of hydrogen-bond donors (Lipinski definition) is 1. The lowest BCUT2D eigenvalue weighted by Crippen LogP contribution is -2.42. The normalized spacial score (nSPS) is 18.5. The first-order valence-corrected chi connectivity index (χ1v) is 5.94. The zero-order chi connectivity index (χ0) is 13.9. The van der Waals surface area contributed by atoms with Crippen molar-refractivity contribution >= 4 is 11.7 Å². The molecule has 0 aromatic carbocycles. The third kappa shape index (κ3) is 3.95. The van der Waals surface area contributed by atoms with E-state index in [1.165, 1.54) is 12.3 Å². The molecule has 106 valence electrons. The van der Waals surface area contributed by atoms with Crippen LogP contribution in [0.25, 0.3) is 0 Å². The third-order valence-corrected chi connectivity index (χ3v) is 3.12. The van der Waals surface area contributed by atoms with Crippen molar-refractivity contribution in [3.8, 4) is 0 Å². The van der Waals surface area contributed by atoms with Gasteiger partial charge in [0, 0.05) is 6.07 Å². The Morgan fingerprint density at radius 1 is 1.47 bits per heavy atom. The van der Waals surface area contributed by atoms with E-state index in [4.69, 9.17) is 0 Å². The molecule has 1 fully saturated rings. The van der Waals surface area contributed by atoms with Crippen molar-refractivity contribution in [2.75, 3.05) is 25.0 Å². The number of nitrogens with zero attached hydrogens (tertiary/aromatic N) is 2. The zero-order valence-electron chi connectivity index (χ0n) is 10.1. The van der Waals surface area contributed by atoms with E-state index < -0.39 is 12.1 Å². The average Bonchev–Trinajstić information content (AvgIpc) is 2.81. The minimum absolute atomic E-state index is 0.0424. The SMILES string of the molecule is O=C(CN1CCC(C(F)(F)F)CC1)Nc1ccon1. The molecule has 1 aliphatic heterocycles. The van der Waals surface area contributed by atoms with Crippen LogP contribution in [-0.4, -0.2) is 41.8 Å². The van der Waals surface area contributed by atoms with Crippen LogP contribution in [0, 0.1) is 5.92 Å². The molecule has 1 aliphatic rings. The molecule has 0 saturated carbocycles. The molecule has 1 aromatic heterocycles. The Balaban J connectivity index is 1.75. The predicted octanol–water partition coefficient (Wildman–Crippen LogP) is 1.89. The summed E-state index contributed by atoms with van der Waals surface area (Å²) in [6, 6.07) is 1.49. The Morgan fingerprint density at radius 3 is 2.68 bits per heavy atom. The number of hydrogen-bond acceptors (Lipinski definition) is 4. The third-order valence-electron chi connectivity index (χ3n) is 3.12. The first-order valence-electron chi connectivity index (χ1n) is 5.94. The topological polar surface area (TPSA) is 58.4 Å². The molecule has 0 bridgehead atoms. The van der Waals surface area contributed by atoms with E-state index in [0.717, 1.165) is 0 Å². The second kappa shape index (κ2) is 5.60. The molecule has 0 unspecified atom stereocenters. The van der Waals surface area contributed by atoms with E-state index in [-0.39, 0.29) is 38.4 Å². The number of carbonyl (C=O) groups excluding carboxylic acids is 1. The fraction of sp³-hybridized carbons (Fsp3) is 0.636. The lowest BCUT2D eigenvalue weighted by Gasteiger charge is -2.32. The van der Waals surface area contributed by atoms with E-state index >= 15 is 0 Å². The van der Waals surface area contributed by atoms with Gasteiger partial charge >= 0.3 is 6.18 Å². The van der Waals surface area contributed by atoms with Gasteiger partial charge in [-0.15, -0.1) is 0 Å². The number of aromatic nitrogens is 1. The number of rotatable bonds is 3. The smallest absolute Gasteiger partial charge is 0.363 e. The minimum atomic E-state index is -4.13. The monoisotopic (exact) mass is 277 g/mol. The Hall–Kier alpha value is -1.57. The number of amides is 1. The summed E-state index contributed by atoms with van der Waals surface area (Å²) in [4.78, 5) is 13.3. The summed E-state index contributed by atoms with van der Waals surface area (Å²) in [5.74, 6) is -1.25. The first-order chi connectivity index (χ1) is 8.95. The minimum Gasteiger partial charge on any atom is -0.363 e. The second-order valence-electron chi connectivity index (χ2n) is 4.52. The molecule has 0 spiro atoms. The molecule has 0 radical (unpaired) electrons. The molecule has 0 atom stereocenters. The van der Waals surface area contributed by atoms with Crippen LogP contribution in [0.4, 0.5) is 19.0 Å². The van der Waals surface area contributed by atoms with Gasteiger partial charge in [0.1, 0.15) is 6.26 Å².